The lowest BCUT2D eigenvalue weighted by atomic mass is 10.0. The van der Waals surface area contributed by atoms with Crippen molar-refractivity contribution >= 4 is 65.4 Å². The average molecular weight is 676 g/mol. The molecule has 5 heteroatoms. The predicted molar refractivity (Wildman–Crippen MR) is 217 cm³/mol. The molecule has 0 spiro atoms. The van der Waals surface area contributed by atoms with E-state index in [1.165, 1.54) is 32.6 Å². The largest absolute Gasteiger partial charge is 0.309 e. The van der Waals surface area contributed by atoms with Gasteiger partial charge in [-0.1, -0.05) is 78.9 Å². The molecule has 0 aliphatic rings. The van der Waals surface area contributed by atoms with Gasteiger partial charge in [-0.3, -0.25) is 4.98 Å². The summed E-state index contributed by atoms with van der Waals surface area (Å²) in [6.07, 6.45) is 3.87. The lowest BCUT2D eigenvalue weighted by Crippen LogP contribution is -1.96. The number of nitrogens with zero attached hydrogens (tertiary/aromatic N) is 5. The fraction of sp³-hybridized carbons (Fsp3) is 0. The summed E-state index contributed by atoms with van der Waals surface area (Å²) in [5, 5.41) is 16.6. The van der Waals surface area contributed by atoms with Gasteiger partial charge >= 0.3 is 0 Å². The van der Waals surface area contributed by atoms with Gasteiger partial charge in [0.1, 0.15) is 0 Å². The number of pyridine rings is 1. The van der Waals surface area contributed by atoms with Crippen LogP contribution < -0.4 is 0 Å². The summed E-state index contributed by atoms with van der Waals surface area (Å²) in [4.78, 5) is 4.60. The van der Waals surface area contributed by atoms with Gasteiger partial charge in [-0.25, -0.2) is 0 Å². The molecule has 0 bridgehead atoms. The minimum Gasteiger partial charge on any atom is -0.309 e. The third-order valence-corrected chi connectivity index (χ3v) is 10.7. The molecular weight excluding hydrogens is 647 g/mol. The molecule has 0 atom stereocenters. The van der Waals surface area contributed by atoms with Crippen LogP contribution in [0.25, 0.3) is 93.6 Å². The summed E-state index contributed by atoms with van der Waals surface area (Å²) in [7, 11) is 0. The number of hydrogen-bond acceptors (Lipinski definition) is 2. The molecule has 0 amide bonds. The molecule has 53 heavy (non-hydrogen) atoms. The topological polar surface area (TPSA) is 51.5 Å². The van der Waals surface area contributed by atoms with E-state index in [1.54, 1.807) is 0 Å². The molecular formula is C48H29N5. The number of aromatic nitrogens is 4. The van der Waals surface area contributed by atoms with Crippen molar-refractivity contribution in [3.8, 4) is 34.3 Å². The molecule has 0 saturated carbocycles. The Morgan fingerprint density at radius 3 is 1.53 bits per heavy atom. The summed E-state index contributed by atoms with van der Waals surface area (Å²) in [5.74, 6) is 0. The Morgan fingerprint density at radius 2 is 0.887 bits per heavy atom. The molecule has 5 nitrogen and oxygen atoms in total. The van der Waals surface area contributed by atoms with Crippen molar-refractivity contribution in [2.75, 3.05) is 0 Å². The van der Waals surface area contributed by atoms with Crippen molar-refractivity contribution in [2.24, 2.45) is 0 Å². The Kier molecular flexibility index (Phi) is 6.25. The number of hydrogen-bond donors (Lipinski definition) is 0. The monoisotopic (exact) mass is 675 g/mol. The Labute approximate surface area is 304 Å². The fourth-order valence-electron chi connectivity index (χ4n) is 8.43. The van der Waals surface area contributed by atoms with Crippen molar-refractivity contribution in [2.45, 2.75) is 0 Å². The molecule has 0 unspecified atom stereocenters. The summed E-state index contributed by atoms with van der Waals surface area (Å²) >= 11 is 0. The zero-order valence-corrected chi connectivity index (χ0v) is 28.5. The third kappa shape index (κ3) is 4.33. The SMILES string of the molecule is N#Cc1ccc2c(c1)c1ccccc1n2-c1cccc(-c2cccc(-n3c4cnccc4c4cc5c(cc43)c3ccccc3n5-c3ccccc3)c2)c1. The molecule has 0 N–H and O–H groups in total. The molecule has 0 radical (unpaired) electrons. The first-order valence-electron chi connectivity index (χ1n) is 17.8. The minimum absolute atomic E-state index is 0.661. The van der Waals surface area contributed by atoms with Crippen LogP contribution in [0.4, 0.5) is 0 Å². The standard InChI is InChI=1S/C48H29N5/c49-29-31-20-21-45-40(24-31)37-16-4-7-19-44(37)52(45)35-14-8-10-32(25-35)33-11-9-15-36(26-33)53-47-27-41-38-17-5-6-18-43(38)51(34-12-2-1-3-13-34)46(41)28-42(47)39-22-23-50-30-48(39)53/h1-28,30H. The smallest absolute Gasteiger partial charge is 0.0991 e. The van der Waals surface area contributed by atoms with E-state index >= 15 is 0 Å². The fourth-order valence-corrected chi connectivity index (χ4v) is 8.43. The number of para-hydroxylation sites is 3. The number of rotatable bonds is 4. The molecule has 0 aliphatic carbocycles. The third-order valence-electron chi connectivity index (χ3n) is 10.7. The second-order valence-corrected chi connectivity index (χ2v) is 13.6. The van der Waals surface area contributed by atoms with E-state index in [2.05, 4.69) is 176 Å². The maximum atomic E-state index is 9.63. The van der Waals surface area contributed by atoms with Crippen LogP contribution in [0.3, 0.4) is 0 Å². The average Bonchev–Trinajstić information content (AvgIpc) is 3.85. The minimum atomic E-state index is 0.661. The van der Waals surface area contributed by atoms with Crippen LogP contribution in [0.1, 0.15) is 5.56 Å². The quantitative estimate of drug-likeness (QED) is 0.186. The van der Waals surface area contributed by atoms with Crippen LogP contribution in [0.5, 0.6) is 0 Å². The van der Waals surface area contributed by atoms with E-state index in [-0.39, 0.29) is 0 Å². The van der Waals surface area contributed by atoms with Gasteiger partial charge in [-0.2, -0.15) is 5.26 Å². The van der Waals surface area contributed by atoms with Gasteiger partial charge < -0.3 is 13.7 Å². The highest BCUT2D eigenvalue weighted by atomic mass is 15.0. The van der Waals surface area contributed by atoms with E-state index in [0.29, 0.717) is 5.56 Å². The summed E-state index contributed by atoms with van der Waals surface area (Å²) in [6, 6.07) is 60.4. The predicted octanol–water partition coefficient (Wildman–Crippen LogP) is 11.9. The van der Waals surface area contributed by atoms with Gasteiger partial charge in [0.05, 0.1) is 50.9 Å². The molecule has 11 rings (SSSR count). The van der Waals surface area contributed by atoms with Crippen LogP contribution in [-0.2, 0) is 0 Å². The molecule has 0 saturated heterocycles. The van der Waals surface area contributed by atoms with Crippen molar-refractivity contribution in [1.82, 2.24) is 18.7 Å². The van der Waals surface area contributed by atoms with Crippen LogP contribution in [0, 0.1) is 11.3 Å². The van der Waals surface area contributed by atoms with Gasteiger partial charge in [0, 0.05) is 55.6 Å². The van der Waals surface area contributed by atoms with E-state index in [4.69, 9.17) is 0 Å². The highest BCUT2D eigenvalue weighted by Gasteiger charge is 2.19. The maximum absolute atomic E-state index is 9.63. The van der Waals surface area contributed by atoms with Crippen LogP contribution in [-0.4, -0.2) is 18.7 Å². The molecule has 4 aromatic heterocycles. The van der Waals surface area contributed by atoms with Gasteiger partial charge in [-0.15, -0.1) is 0 Å². The van der Waals surface area contributed by atoms with Crippen LogP contribution >= 0.6 is 0 Å². The van der Waals surface area contributed by atoms with E-state index in [9.17, 15) is 5.26 Å². The van der Waals surface area contributed by atoms with Gasteiger partial charge in [0.2, 0.25) is 0 Å². The van der Waals surface area contributed by atoms with Crippen LogP contribution in [0.2, 0.25) is 0 Å². The Morgan fingerprint density at radius 1 is 0.377 bits per heavy atom. The number of nitriles is 1. The van der Waals surface area contributed by atoms with Crippen molar-refractivity contribution in [1.29, 1.82) is 5.26 Å². The first-order valence-corrected chi connectivity index (χ1v) is 17.8. The Hall–Kier alpha value is -7.42. The number of fused-ring (bicyclic) bond motifs is 9. The number of benzene rings is 7. The van der Waals surface area contributed by atoms with E-state index < -0.39 is 0 Å². The molecule has 11 aromatic rings. The summed E-state index contributed by atoms with van der Waals surface area (Å²) < 4.78 is 7.04. The molecule has 0 aliphatic heterocycles. The molecule has 246 valence electrons. The van der Waals surface area contributed by atoms with Crippen molar-refractivity contribution in [3.63, 3.8) is 0 Å². The second kappa shape index (κ2) is 11.3. The highest BCUT2D eigenvalue weighted by Crippen LogP contribution is 2.40. The van der Waals surface area contributed by atoms with Gasteiger partial charge in [-0.05, 0) is 96.1 Å². The first-order chi connectivity index (χ1) is 26.2. The Balaban J connectivity index is 1.11. The lowest BCUT2D eigenvalue weighted by Gasteiger charge is -2.13. The van der Waals surface area contributed by atoms with E-state index in [1.807, 2.05) is 24.5 Å². The first kappa shape index (κ1) is 29.3. The second-order valence-electron chi connectivity index (χ2n) is 13.6. The maximum Gasteiger partial charge on any atom is 0.0991 e. The van der Waals surface area contributed by atoms with E-state index in [0.717, 1.165) is 61.0 Å². The Bertz CT molecular complexity index is 3300. The summed E-state index contributed by atoms with van der Waals surface area (Å²) in [5.41, 5.74) is 13.0. The van der Waals surface area contributed by atoms with Crippen LogP contribution in [0.15, 0.2) is 176 Å². The zero-order valence-electron chi connectivity index (χ0n) is 28.5. The van der Waals surface area contributed by atoms with Gasteiger partial charge in [0.25, 0.3) is 0 Å². The van der Waals surface area contributed by atoms with Crippen molar-refractivity contribution in [3.05, 3.63) is 182 Å². The van der Waals surface area contributed by atoms with Crippen molar-refractivity contribution < 1.29 is 0 Å². The normalized spacial score (nSPS) is 11.8. The summed E-state index contributed by atoms with van der Waals surface area (Å²) in [6.45, 7) is 0. The highest BCUT2D eigenvalue weighted by molar-refractivity contribution is 6.19. The molecule has 7 aromatic carbocycles. The van der Waals surface area contributed by atoms with Gasteiger partial charge in [0.15, 0.2) is 0 Å². The lowest BCUT2D eigenvalue weighted by molar-refractivity contribution is 1.16. The zero-order chi connectivity index (χ0) is 35.0. The molecule has 4 heterocycles. The molecule has 0 fully saturated rings.